The zero-order valence-corrected chi connectivity index (χ0v) is 16.1. The Hall–Kier alpha value is -1.65. The van der Waals surface area contributed by atoms with Crippen LogP contribution in [0.15, 0.2) is 16.1 Å². The first-order valence-electron chi connectivity index (χ1n) is 8.89. The van der Waals surface area contributed by atoms with Crippen LogP contribution in [0.2, 0.25) is 0 Å². The van der Waals surface area contributed by atoms with Gasteiger partial charge in [0.1, 0.15) is 11.4 Å². The molecule has 1 aliphatic rings. The fourth-order valence-corrected chi connectivity index (χ4v) is 3.23. The lowest BCUT2D eigenvalue weighted by Gasteiger charge is -2.20. The summed E-state index contributed by atoms with van der Waals surface area (Å²) < 4.78 is 0. The fraction of sp³-hybridized carbons (Fsp3) is 0.737. The van der Waals surface area contributed by atoms with Crippen LogP contribution < -0.4 is 5.32 Å². The van der Waals surface area contributed by atoms with Crippen molar-refractivity contribution in [2.24, 2.45) is 22.7 Å². The lowest BCUT2D eigenvalue weighted by Crippen LogP contribution is -2.38. The normalized spacial score (nSPS) is 23.2. The van der Waals surface area contributed by atoms with Crippen LogP contribution in [0, 0.1) is 17.8 Å². The Balaban J connectivity index is 3.44. The first-order chi connectivity index (χ1) is 11.0. The average molecular weight is 336 g/mol. The molecule has 136 valence electrons. The number of carboxylic acids is 1. The van der Waals surface area contributed by atoms with Crippen molar-refractivity contribution in [2.75, 3.05) is 0 Å². The third-order valence-electron chi connectivity index (χ3n) is 4.44. The SMILES string of the molecule is CCC(C)C(C1=NC(C)(CC(C)C)C(=O)N1)=C(CC(C)C)C(=O)O. The van der Waals surface area contributed by atoms with E-state index in [-0.39, 0.29) is 17.7 Å². The average Bonchev–Trinajstić information content (AvgIpc) is 2.71. The van der Waals surface area contributed by atoms with E-state index in [1.54, 1.807) is 0 Å². The molecular formula is C19H32N2O3. The summed E-state index contributed by atoms with van der Waals surface area (Å²) in [6, 6.07) is 0. The predicted molar refractivity (Wildman–Crippen MR) is 97.0 cm³/mol. The van der Waals surface area contributed by atoms with Crippen molar-refractivity contribution in [3.8, 4) is 0 Å². The molecule has 0 aromatic heterocycles. The van der Waals surface area contributed by atoms with E-state index < -0.39 is 11.5 Å². The third-order valence-corrected chi connectivity index (χ3v) is 4.44. The molecule has 5 nitrogen and oxygen atoms in total. The molecule has 0 saturated heterocycles. The van der Waals surface area contributed by atoms with Gasteiger partial charge in [-0.2, -0.15) is 0 Å². The summed E-state index contributed by atoms with van der Waals surface area (Å²) in [5.41, 5.74) is 0.232. The zero-order valence-electron chi connectivity index (χ0n) is 16.1. The van der Waals surface area contributed by atoms with Gasteiger partial charge in [0.15, 0.2) is 0 Å². The molecule has 2 unspecified atom stereocenters. The van der Waals surface area contributed by atoms with Crippen molar-refractivity contribution >= 4 is 17.7 Å². The third kappa shape index (κ3) is 4.68. The van der Waals surface area contributed by atoms with E-state index in [4.69, 9.17) is 0 Å². The Bertz CT molecular complexity index is 561. The van der Waals surface area contributed by atoms with Gasteiger partial charge in [-0.15, -0.1) is 0 Å². The number of amidine groups is 1. The smallest absolute Gasteiger partial charge is 0.331 e. The minimum Gasteiger partial charge on any atom is -0.478 e. The molecule has 2 N–H and O–H groups in total. The molecule has 1 aliphatic heterocycles. The highest BCUT2D eigenvalue weighted by Crippen LogP contribution is 2.31. The van der Waals surface area contributed by atoms with Gasteiger partial charge in [0.25, 0.3) is 5.91 Å². The molecule has 0 spiro atoms. The Kier molecular flexibility index (Phi) is 6.76. The predicted octanol–water partition coefficient (Wildman–Crippen LogP) is 3.79. The second-order valence-electron chi connectivity index (χ2n) is 7.89. The first-order valence-corrected chi connectivity index (χ1v) is 8.89. The summed E-state index contributed by atoms with van der Waals surface area (Å²) in [7, 11) is 0. The number of aliphatic carboxylic acids is 1. The molecule has 0 radical (unpaired) electrons. The highest BCUT2D eigenvalue weighted by Gasteiger charge is 2.41. The van der Waals surface area contributed by atoms with Crippen LogP contribution in [0.4, 0.5) is 0 Å². The van der Waals surface area contributed by atoms with Crippen molar-refractivity contribution in [3.05, 3.63) is 11.1 Å². The molecular weight excluding hydrogens is 304 g/mol. The summed E-state index contributed by atoms with van der Waals surface area (Å²) >= 11 is 0. The molecule has 1 rings (SSSR count). The summed E-state index contributed by atoms with van der Waals surface area (Å²) in [6.07, 6.45) is 1.90. The first kappa shape index (κ1) is 20.4. The topological polar surface area (TPSA) is 78.8 Å². The number of rotatable bonds is 8. The lowest BCUT2D eigenvalue weighted by atomic mass is 9.88. The van der Waals surface area contributed by atoms with Crippen LogP contribution in [-0.4, -0.2) is 28.4 Å². The van der Waals surface area contributed by atoms with Gasteiger partial charge in [-0.1, -0.05) is 41.5 Å². The molecule has 24 heavy (non-hydrogen) atoms. The van der Waals surface area contributed by atoms with Crippen LogP contribution in [0.3, 0.4) is 0 Å². The van der Waals surface area contributed by atoms with Crippen LogP contribution in [0.25, 0.3) is 0 Å². The Morgan fingerprint density at radius 1 is 1.21 bits per heavy atom. The molecule has 1 heterocycles. The van der Waals surface area contributed by atoms with E-state index in [2.05, 4.69) is 24.2 Å². The maximum atomic E-state index is 12.5. The number of hydrogen-bond acceptors (Lipinski definition) is 3. The Morgan fingerprint density at radius 3 is 2.21 bits per heavy atom. The van der Waals surface area contributed by atoms with Gasteiger partial charge in [0, 0.05) is 11.1 Å². The minimum atomic E-state index is -0.923. The summed E-state index contributed by atoms with van der Waals surface area (Å²) in [6.45, 7) is 13.9. The van der Waals surface area contributed by atoms with Gasteiger partial charge in [0.05, 0.1) is 0 Å². The summed E-state index contributed by atoms with van der Waals surface area (Å²) in [5, 5.41) is 12.6. The zero-order chi connectivity index (χ0) is 18.7. The van der Waals surface area contributed by atoms with E-state index in [0.717, 1.165) is 6.42 Å². The Morgan fingerprint density at radius 2 is 1.79 bits per heavy atom. The van der Waals surface area contributed by atoms with E-state index >= 15 is 0 Å². The molecule has 0 aromatic rings. The maximum absolute atomic E-state index is 12.5. The Labute approximate surface area is 145 Å². The molecule has 2 atom stereocenters. The lowest BCUT2D eigenvalue weighted by molar-refractivity contribution is -0.133. The second-order valence-corrected chi connectivity index (χ2v) is 7.89. The maximum Gasteiger partial charge on any atom is 0.331 e. The highest BCUT2D eigenvalue weighted by atomic mass is 16.4. The van der Waals surface area contributed by atoms with Gasteiger partial charge < -0.3 is 10.4 Å². The van der Waals surface area contributed by atoms with Crippen LogP contribution in [0.1, 0.15) is 67.7 Å². The van der Waals surface area contributed by atoms with Gasteiger partial charge in [0.2, 0.25) is 0 Å². The van der Waals surface area contributed by atoms with Gasteiger partial charge in [-0.05, 0) is 43.9 Å². The number of carbonyl (C=O) groups excluding carboxylic acids is 1. The number of aliphatic imine (C=N–C) groups is 1. The monoisotopic (exact) mass is 336 g/mol. The van der Waals surface area contributed by atoms with Gasteiger partial charge in [-0.25, -0.2) is 4.79 Å². The number of hydrogen-bond donors (Lipinski definition) is 2. The van der Waals surface area contributed by atoms with Gasteiger partial charge in [-0.3, -0.25) is 9.79 Å². The number of carboxylic acid groups (broad SMARTS) is 1. The summed E-state index contributed by atoms with van der Waals surface area (Å²) in [5.74, 6) is -0.0371. The fourth-order valence-electron chi connectivity index (χ4n) is 3.23. The van der Waals surface area contributed by atoms with Crippen molar-refractivity contribution in [3.63, 3.8) is 0 Å². The second kappa shape index (κ2) is 7.95. The van der Waals surface area contributed by atoms with E-state index in [1.807, 2.05) is 34.6 Å². The molecule has 5 heteroatoms. The molecule has 0 aliphatic carbocycles. The van der Waals surface area contributed by atoms with Crippen molar-refractivity contribution in [2.45, 2.75) is 73.3 Å². The van der Waals surface area contributed by atoms with Gasteiger partial charge >= 0.3 is 5.97 Å². The van der Waals surface area contributed by atoms with Crippen molar-refractivity contribution in [1.82, 2.24) is 5.32 Å². The largest absolute Gasteiger partial charge is 0.478 e. The van der Waals surface area contributed by atoms with Crippen molar-refractivity contribution < 1.29 is 14.7 Å². The quantitative estimate of drug-likeness (QED) is 0.662. The standard InChI is InChI=1S/C19H32N2O3/c1-8-13(6)15(14(17(22)23)9-11(2)3)16-20-18(24)19(7,21-16)10-12(4)5/h11-13H,8-10H2,1-7H3,(H,22,23)(H,20,21,24). The van der Waals surface area contributed by atoms with Crippen LogP contribution in [-0.2, 0) is 9.59 Å². The molecule has 0 aromatic carbocycles. The van der Waals surface area contributed by atoms with E-state index in [9.17, 15) is 14.7 Å². The minimum absolute atomic E-state index is 0.0234. The molecule has 0 bridgehead atoms. The molecule has 1 amide bonds. The molecule has 0 fully saturated rings. The summed E-state index contributed by atoms with van der Waals surface area (Å²) in [4.78, 5) is 29.0. The van der Waals surface area contributed by atoms with E-state index in [0.29, 0.717) is 35.7 Å². The molecule has 0 saturated carbocycles. The number of nitrogens with zero attached hydrogens (tertiary/aromatic N) is 1. The van der Waals surface area contributed by atoms with Crippen LogP contribution >= 0.6 is 0 Å². The highest BCUT2D eigenvalue weighted by molar-refractivity contribution is 6.17. The van der Waals surface area contributed by atoms with Crippen LogP contribution in [0.5, 0.6) is 0 Å². The van der Waals surface area contributed by atoms with Crippen molar-refractivity contribution in [1.29, 1.82) is 0 Å². The number of nitrogens with one attached hydrogen (secondary N) is 1. The number of amides is 1. The number of carbonyl (C=O) groups is 2. The van der Waals surface area contributed by atoms with E-state index in [1.165, 1.54) is 0 Å².